The van der Waals surface area contributed by atoms with Crippen LogP contribution in [0.5, 0.6) is 11.5 Å². The molecule has 0 spiro atoms. The first kappa shape index (κ1) is 24.3. The van der Waals surface area contributed by atoms with Gasteiger partial charge < -0.3 is 18.9 Å². The van der Waals surface area contributed by atoms with Crippen LogP contribution in [0.1, 0.15) is 22.8 Å². The summed E-state index contributed by atoms with van der Waals surface area (Å²) >= 11 is 0. The van der Waals surface area contributed by atoms with E-state index in [1.54, 1.807) is 30.4 Å². The van der Waals surface area contributed by atoms with Crippen LogP contribution >= 0.6 is 0 Å². The number of esters is 2. The van der Waals surface area contributed by atoms with Crippen molar-refractivity contribution in [2.45, 2.75) is 6.10 Å². The van der Waals surface area contributed by atoms with Crippen molar-refractivity contribution in [2.24, 2.45) is 0 Å². The Labute approximate surface area is 199 Å². The van der Waals surface area contributed by atoms with Crippen LogP contribution in [0.3, 0.4) is 0 Å². The summed E-state index contributed by atoms with van der Waals surface area (Å²) in [5, 5.41) is 0. The van der Waals surface area contributed by atoms with Crippen LogP contribution in [0, 0.1) is 0 Å². The summed E-state index contributed by atoms with van der Waals surface area (Å²) in [5.74, 6) is -0.289. The van der Waals surface area contributed by atoms with Crippen molar-refractivity contribution >= 4 is 24.1 Å². The minimum absolute atomic E-state index is 0.202. The monoisotopic (exact) mass is 458 g/mol. The van der Waals surface area contributed by atoms with Crippen molar-refractivity contribution in [3.8, 4) is 11.5 Å². The number of methoxy groups -OCH3 is 2. The van der Waals surface area contributed by atoms with Gasteiger partial charge in [-0.05, 0) is 29.3 Å². The molecule has 0 bridgehead atoms. The van der Waals surface area contributed by atoms with Crippen LogP contribution in [0.2, 0.25) is 0 Å². The molecule has 0 saturated carbocycles. The van der Waals surface area contributed by atoms with Gasteiger partial charge in [0.15, 0.2) is 17.6 Å². The van der Waals surface area contributed by atoms with Gasteiger partial charge in [-0.25, -0.2) is 9.59 Å². The molecule has 3 aromatic rings. The number of carbonyl (C=O) groups excluding carboxylic acids is 2. The molecule has 0 saturated heterocycles. The first-order valence-corrected chi connectivity index (χ1v) is 10.6. The lowest BCUT2D eigenvalue weighted by Crippen LogP contribution is -2.18. The van der Waals surface area contributed by atoms with Gasteiger partial charge in [0, 0.05) is 17.7 Å². The van der Waals surface area contributed by atoms with E-state index in [1.807, 2.05) is 60.7 Å². The summed E-state index contributed by atoms with van der Waals surface area (Å²) < 4.78 is 21.9. The maximum Gasteiger partial charge on any atom is 0.331 e. The maximum absolute atomic E-state index is 12.6. The van der Waals surface area contributed by atoms with Gasteiger partial charge in [-0.2, -0.15) is 0 Å². The Morgan fingerprint density at radius 1 is 0.735 bits per heavy atom. The molecule has 3 rings (SSSR count). The Hall–Kier alpha value is -4.32. The summed E-state index contributed by atoms with van der Waals surface area (Å²) in [6.07, 6.45) is 5.04. The number of benzene rings is 3. The molecule has 0 aliphatic rings. The maximum atomic E-state index is 12.6. The Kier molecular flexibility index (Phi) is 9.05. The normalized spacial score (nSPS) is 11.8. The Morgan fingerprint density at radius 3 is 1.88 bits per heavy atom. The molecule has 0 aliphatic heterocycles. The van der Waals surface area contributed by atoms with Gasteiger partial charge in [-0.3, -0.25) is 0 Å². The van der Waals surface area contributed by atoms with Crippen LogP contribution in [0.4, 0.5) is 0 Å². The minimum Gasteiger partial charge on any atom is -0.493 e. The quantitative estimate of drug-likeness (QED) is 0.305. The highest BCUT2D eigenvalue weighted by Gasteiger charge is 2.24. The molecular formula is C28H26O6. The van der Waals surface area contributed by atoms with Crippen LogP contribution in [0.25, 0.3) is 12.2 Å². The van der Waals surface area contributed by atoms with Gasteiger partial charge in [-0.15, -0.1) is 0 Å². The summed E-state index contributed by atoms with van der Waals surface area (Å²) in [4.78, 5) is 24.9. The summed E-state index contributed by atoms with van der Waals surface area (Å²) in [5.41, 5.74) is 2.23. The third-order valence-electron chi connectivity index (χ3n) is 4.84. The van der Waals surface area contributed by atoms with Gasteiger partial charge in [0.2, 0.25) is 0 Å². The van der Waals surface area contributed by atoms with Crippen LogP contribution in [-0.2, 0) is 19.1 Å². The average Bonchev–Trinajstić information content (AvgIpc) is 2.89. The van der Waals surface area contributed by atoms with Crippen LogP contribution < -0.4 is 9.47 Å². The minimum atomic E-state index is -0.910. The fourth-order valence-corrected chi connectivity index (χ4v) is 3.20. The second-order valence-electron chi connectivity index (χ2n) is 7.13. The van der Waals surface area contributed by atoms with Gasteiger partial charge in [0.25, 0.3) is 0 Å². The van der Waals surface area contributed by atoms with Gasteiger partial charge in [0.1, 0.15) is 6.61 Å². The molecular weight excluding hydrogens is 432 g/mol. The van der Waals surface area contributed by atoms with E-state index in [-0.39, 0.29) is 6.61 Å². The predicted octanol–water partition coefficient (Wildman–Crippen LogP) is 5.26. The van der Waals surface area contributed by atoms with Crippen molar-refractivity contribution in [2.75, 3.05) is 20.8 Å². The highest BCUT2D eigenvalue weighted by Crippen LogP contribution is 2.36. The van der Waals surface area contributed by atoms with Gasteiger partial charge >= 0.3 is 11.9 Å². The Morgan fingerprint density at radius 2 is 1.32 bits per heavy atom. The molecule has 0 aromatic heterocycles. The van der Waals surface area contributed by atoms with Gasteiger partial charge in [-0.1, -0.05) is 72.8 Å². The number of ether oxygens (including phenoxy) is 4. The molecule has 0 aliphatic carbocycles. The van der Waals surface area contributed by atoms with Gasteiger partial charge in [0.05, 0.1) is 14.2 Å². The SMILES string of the molecule is COc1cccc([C@@H](COC(=O)/C=C/c2ccccc2)OC(=O)/C=C/c2ccccc2)c1OC. The zero-order valence-corrected chi connectivity index (χ0v) is 19.0. The number of hydrogen-bond donors (Lipinski definition) is 0. The number of para-hydroxylation sites is 1. The van der Waals surface area contributed by atoms with Crippen LogP contribution in [-0.4, -0.2) is 32.8 Å². The average molecular weight is 459 g/mol. The summed E-state index contributed by atoms with van der Waals surface area (Å²) in [6, 6.07) is 24.0. The largest absolute Gasteiger partial charge is 0.493 e. The highest BCUT2D eigenvalue weighted by atomic mass is 16.6. The molecule has 0 N–H and O–H groups in total. The lowest BCUT2D eigenvalue weighted by molar-refractivity contribution is -0.153. The molecule has 6 nitrogen and oxygen atoms in total. The number of hydrogen-bond acceptors (Lipinski definition) is 6. The van der Waals surface area contributed by atoms with E-state index in [2.05, 4.69) is 0 Å². The Bertz CT molecular complexity index is 1140. The smallest absolute Gasteiger partial charge is 0.331 e. The fourth-order valence-electron chi connectivity index (χ4n) is 3.20. The zero-order chi connectivity index (χ0) is 24.2. The van der Waals surface area contributed by atoms with Crippen molar-refractivity contribution in [1.29, 1.82) is 0 Å². The number of rotatable bonds is 10. The van der Waals surface area contributed by atoms with E-state index in [0.717, 1.165) is 11.1 Å². The van der Waals surface area contributed by atoms with Crippen molar-refractivity contribution in [3.63, 3.8) is 0 Å². The van der Waals surface area contributed by atoms with Crippen molar-refractivity contribution in [1.82, 2.24) is 0 Å². The molecule has 3 aromatic carbocycles. The molecule has 0 fully saturated rings. The Balaban J connectivity index is 1.76. The first-order valence-electron chi connectivity index (χ1n) is 10.6. The predicted molar refractivity (Wildman–Crippen MR) is 130 cm³/mol. The topological polar surface area (TPSA) is 71.1 Å². The molecule has 0 amide bonds. The molecule has 0 heterocycles. The molecule has 34 heavy (non-hydrogen) atoms. The van der Waals surface area contributed by atoms with E-state index in [9.17, 15) is 9.59 Å². The van der Waals surface area contributed by atoms with E-state index in [4.69, 9.17) is 18.9 Å². The zero-order valence-electron chi connectivity index (χ0n) is 19.0. The van der Waals surface area contributed by atoms with E-state index in [1.165, 1.54) is 26.4 Å². The van der Waals surface area contributed by atoms with Crippen molar-refractivity contribution < 1.29 is 28.5 Å². The second kappa shape index (κ2) is 12.6. The summed E-state index contributed by atoms with van der Waals surface area (Å²) in [7, 11) is 3.00. The van der Waals surface area contributed by atoms with E-state index >= 15 is 0 Å². The molecule has 0 unspecified atom stereocenters. The van der Waals surface area contributed by atoms with Crippen molar-refractivity contribution in [3.05, 3.63) is 108 Å². The molecule has 1 atom stereocenters. The second-order valence-corrected chi connectivity index (χ2v) is 7.13. The number of carbonyl (C=O) groups is 2. The molecule has 6 heteroatoms. The standard InChI is InChI=1S/C28H26O6/c1-31-24-15-9-14-23(28(24)32-2)25(34-27(30)19-17-22-12-7-4-8-13-22)20-33-26(29)18-16-21-10-5-3-6-11-21/h3-19,25H,20H2,1-2H3/b18-16+,19-17+/t25-/m1/s1. The molecule has 0 radical (unpaired) electrons. The van der Waals surface area contributed by atoms with Crippen LogP contribution in [0.15, 0.2) is 91.0 Å². The molecule has 174 valence electrons. The van der Waals surface area contributed by atoms with E-state index < -0.39 is 18.0 Å². The first-order chi connectivity index (χ1) is 16.6. The summed E-state index contributed by atoms with van der Waals surface area (Å²) in [6.45, 7) is -0.202. The lowest BCUT2D eigenvalue weighted by Gasteiger charge is -2.21. The van der Waals surface area contributed by atoms with E-state index in [0.29, 0.717) is 17.1 Å². The lowest BCUT2D eigenvalue weighted by atomic mass is 10.1. The fraction of sp³-hybridized carbons (Fsp3) is 0.143. The third-order valence-corrected chi connectivity index (χ3v) is 4.84. The third kappa shape index (κ3) is 7.10. The highest BCUT2D eigenvalue weighted by molar-refractivity contribution is 5.88.